The Morgan fingerprint density at radius 3 is 2.50 bits per heavy atom. The van der Waals surface area contributed by atoms with Gasteiger partial charge < -0.3 is 14.4 Å². The topological polar surface area (TPSA) is 55.8 Å². The van der Waals surface area contributed by atoms with E-state index in [9.17, 15) is 9.59 Å². The third-order valence-corrected chi connectivity index (χ3v) is 4.21. The van der Waals surface area contributed by atoms with Crippen molar-refractivity contribution >= 4 is 11.9 Å². The zero-order valence-corrected chi connectivity index (χ0v) is 13.1. The maximum Gasteiger partial charge on any atom is 0.338 e. The van der Waals surface area contributed by atoms with Crippen molar-refractivity contribution in [3.05, 3.63) is 48.2 Å². The Morgan fingerprint density at radius 2 is 1.91 bits per heavy atom. The molecule has 0 aromatic heterocycles. The van der Waals surface area contributed by atoms with Crippen LogP contribution >= 0.6 is 0 Å². The molecular formula is C17H21NO4. The van der Waals surface area contributed by atoms with Gasteiger partial charge in [0.05, 0.1) is 12.7 Å². The summed E-state index contributed by atoms with van der Waals surface area (Å²) in [6, 6.07) is 8.58. The van der Waals surface area contributed by atoms with Crippen LogP contribution in [0.5, 0.6) is 0 Å². The summed E-state index contributed by atoms with van der Waals surface area (Å²) in [5.41, 5.74) is 1.29. The van der Waals surface area contributed by atoms with Gasteiger partial charge in [-0.25, -0.2) is 4.79 Å². The number of likely N-dealkylation sites (tertiary alicyclic amines) is 1. The number of benzene rings is 1. The van der Waals surface area contributed by atoms with E-state index in [0.29, 0.717) is 12.0 Å². The van der Waals surface area contributed by atoms with Crippen LogP contribution in [0.3, 0.4) is 0 Å². The van der Waals surface area contributed by atoms with Crippen molar-refractivity contribution in [3.63, 3.8) is 0 Å². The van der Waals surface area contributed by atoms with Gasteiger partial charge in [0.15, 0.2) is 0 Å². The number of carbonyl (C=O) groups excluding carboxylic acids is 2. The van der Waals surface area contributed by atoms with Crippen LogP contribution < -0.4 is 0 Å². The molecule has 0 saturated carbocycles. The van der Waals surface area contributed by atoms with Crippen LogP contribution in [0.1, 0.15) is 23.7 Å². The molecule has 2 rings (SSSR count). The molecular weight excluding hydrogens is 282 g/mol. The molecule has 5 nitrogen and oxygen atoms in total. The minimum absolute atomic E-state index is 0.151. The van der Waals surface area contributed by atoms with Crippen molar-refractivity contribution in [2.24, 2.45) is 5.92 Å². The van der Waals surface area contributed by atoms with Gasteiger partial charge in [-0.2, -0.15) is 0 Å². The summed E-state index contributed by atoms with van der Waals surface area (Å²) >= 11 is 0. The van der Waals surface area contributed by atoms with Crippen LogP contribution in [0.4, 0.5) is 0 Å². The van der Waals surface area contributed by atoms with Crippen molar-refractivity contribution in [1.82, 2.24) is 4.90 Å². The van der Waals surface area contributed by atoms with Crippen LogP contribution in [0.15, 0.2) is 42.6 Å². The van der Waals surface area contributed by atoms with E-state index in [1.807, 2.05) is 24.9 Å². The molecule has 3 atom stereocenters. The third-order valence-electron chi connectivity index (χ3n) is 4.21. The van der Waals surface area contributed by atoms with E-state index in [2.05, 4.69) is 6.58 Å². The number of ether oxygens (including phenoxy) is 2. The summed E-state index contributed by atoms with van der Waals surface area (Å²) in [4.78, 5) is 26.3. The van der Waals surface area contributed by atoms with Crippen molar-refractivity contribution in [2.45, 2.75) is 25.5 Å². The molecule has 0 amide bonds. The molecule has 1 aromatic carbocycles. The smallest absolute Gasteiger partial charge is 0.338 e. The van der Waals surface area contributed by atoms with Crippen molar-refractivity contribution < 1.29 is 19.1 Å². The highest BCUT2D eigenvalue weighted by Gasteiger charge is 2.43. The predicted octanol–water partition coefficient (Wildman–Crippen LogP) is 2.24. The Kier molecular flexibility index (Phi) is 4.85. The molecule has 0 N–H and O–H groups in total. The number of nitrogens with zero attached hydrogens (tertiary/aromatic N) is 1. The van der Waals surface area contributed by atoms with Gasteiger partial charge in [0, 0.05) is 25.2 Å². The number of hydrogen-bond donors (Lipinski definition) is 0. The fourth-order valence-corrected chi connectivity index (χ4v) is 2.72. The summed E-state index contributed by atoms with van der Waals surface area (Å²) in [6.45, 7) is 5.88. The monoisotopic (exact) mass is 303 g/mol. The summed E-state index contributed by atoms with van der Waals surface area (Å²) in [5.74, 6) is -1.35. The highest BCUT2D eigenvalue weighted by atomic mass is 16.6. The molecule has 0 aliphatic carbocycles. The molecule has 118 valence electrons. The van der Waals surface area contributed by atoms with E-state index in [-0.39, 0.29) is 12.0 Å². The quantitative estimate of drug-likeness (QED) is 0.802. The second-order valence-electron chi connectivity index (χ2n) is 5.48. The molecule has 1 aliphatic heterocycles. The van der Waals surface area contributed by atoms with E-state index in [1.165, 1.54) is 7.11 Å². The number of esters is 2. The molecule has 22 heavy (non-hydrogen) atoms. The Bertz CT molecular complexity index is 569. The molecule has 0 radical (unpaired) electrons. The van der Waals surface area contributed by atoms with E-state index < -0.39 is 18.0 Å². The Balaban J connectivity index is 2.20. The average Bonchev–Trinajstić information content (AvgIpc) is 2.53. The van der Waals surface area contributed by atoms with Gasteiger partial charge in [-0.1, -0.05) is 24.8 Å². The number of rotatable bonds is 3. The minimum Gasteiger partial charge on any atom is -0.469 e. The van der Waals surface area contributed by atoms with E-state index >= 15 is 0 Å². The van der Waals surface area contributed by atoms with E-state index in [0.717, 1.165) is 5.70 Å². The first-order chi connectivity index (χ1) is 10.5. The Labute approximate surface area is 130 Å². The summed E-state index contributed by atoms with van der Waals surface area (Å²) in [6.07, 6.45) is -0.155. The maximum atomic E-state index is 12.2. The zero-order valence-electron chi connectivity index (χ0n) is 13.1. The number of methoxy groups -OCH3 is 1. The maximum absolute atomic E-state index is 12.2. The van der Waals surface area contributed by atoms with Gasteiger partial charge in [0.1, 0.15) is 12.0 Å². The number of hydrogen-bond acceptors (Lipinski definition) is 5. The lowest BCUT2D eigenvalue weighted by Crippen LogP contribution is -2.51. The van der Waals surface area contributed by atoms with Crippen LogP contribution in [0, 0.1) is 5.92 Å². The molecule has 3 unspecified atom stereocenters. The molecule has 1 fully saturated rings. The standard InChI is InChI=1S/C17H21NO4/c1-11-10-14(15(17(20)21-4)12(2)18(11)3)22-16(19)13-8-6-5-7-9-13/h5-9,12,14-15H,1,10H2,2-4H3. The predicted molar refractivity (Wildman–Crippen MR) is 82.1 cm³/mol. The first kappa shape index (κ1) is 16.1. The summed E-state index contributed by atoms with van der Waals surface area (Å²) in [7, 11) is 3.22. The molecule has 0 bridgehead atoms. The van der Waals surface area contributed by atoms with Crippen LogP contribution in [0.25, 0.3) is 0 Å². The molecule has 1 heterocycles. The Morgan fingerprint density at radius 1 is 1.27 bits per heavy atom. The molecule has 0 spiro atoms. The van der Waals surface area contributed by atoms with E-state index in [1.54, 1.807) is 24.3 Å². The highest BCUT2D eigenvalue weighted by molar-refractivity contribution is 5.89. The van der Waals surface area contributed by atoms with Crippen molar-refractivity contribution in [3.8, 4) is 0 Å². The normalized spacial score (nSPS) is 24.8. The fraction of sp³-hybridized carbons (Fsp3) is 0.412. The van der Waals surface area contributed by atoms with E-state index in [4.69, 9.17) is 9.47 Å². The van der Waals surface area contributed by atoms with Crippen LogP contribution in [0.2, 0.25) is 0 Å². The third kappa shape index (κ3) is 3.13. The first-order valence-electron chi connectivity index (χ1n) is 7.20. The molecule has 1 saturated heterocycles. The lowest BCUT2D eigenvalue weighted by Gasteiger charge is -2.42. The van der Waals surface area contributed by atoms with Gasteiger partial charge in [-0.05, 0) is 19.1 Å². The second-order valence-corrected chi connectivity index (χ2v) is 5.48. The van der Waals surface area contributed by atoms with Gasteiger partial charge >= 0.3 is 11.9 Å². The van der Waals surface area contributed by atoms with Crippen molar-refractivity contribution in [1.29, 1.82) is 0 Å². The SMILES string of the molecule is C=C1CC(OC(=O)c2ccccc2)C(C(=O)OC)C(C)N1C. The lowest BCUT2D eigenvalue weighted by molar-refractivity contribution is -0.154. The fourth-order valence-electron chi connectivity index (χ4n) is 2.72. The Hall–Kier alpha value is -2.30. The summed E-state index contributed by atoms with van der Waals surface area (Å²) < 4.78 is 10.4. The van der Waals surface area contributed by atoms with Crippen LogP contribution in [-0.4, -0.2) is 43.1 Å². The molecule has 1 aliphatic rings. The van der Waals surface area contributed by atoms with Gasteiger partial charge in [-0.3, -0.25) is 4.79 Å². The molecule has 1 aromatic rings. The van der Waals surface area contributed by atoms with Gasteiger partial charge in [0.2, 0.25) is 0 Å². The largest absolute Gasteiger partial charge is 0.469 e. The lowest BCUT2D eigenvalue weighted by atomic mass is 9.86. The van der Waals surface area contributed by atoms with Crippen LogP contribution in [-0.2, 0) is 14.3 Å². The van der Waals surface area contributed by atoms with Gasteiger partial charge in [-0.15, -0.1) is 0 Å². The average molecular weight is 303 g/mol. The first-order valence-corrected chi connectivity index (χ1v) is 7.20. The van der Waals surface area contributed by atoms with Gasteiger partial charge in [0.25, 0.3) is 0 Å². The minimum atomic E-state index is -0.571. The zero-order chi connectivity index (χ0) is 16.3. The van der Waals surface area contributed by atoms with Crippen molar-refractivity contribution in [2.75, 3.05) is 14.2 Å². The molecule has 5 heteroatoms. The summed E-state index contributed by atoms with van der Waals surface area (Å²) in [5, 5.41) is 0. The number of carbonyl (C=O) groups is 2. The highest BCUT2D eigenvalue weighted by Crippen LogP contribution is 2.32. The second kappa shape index (κ2) is 6.64. The number of piperidine rings is 1.